The van der Waals surface area contributed by atoms with Gasteiger partial charge in [0.05, 0.1) is 35.9 Å². The average Bonchev–Trinajstić information content (AvgIpc) is 3.50. The number of carbonyl (C=O) groups is 2. The number of benzene rings is 3. The van der Waals surface area contributed by atoms with Crippen molar-refractivity contribution in [2.24, 2.45) is 0 Å². The molecule has 39 heavy (non-hydrogen) atoms. The summed E-state index contributed by atoms with van der Waals surface area (Å²) in [6.07, 6.45) is 1.62. The highest BCUT2D eigenvalue weighted by atomic mass is 16.4. The zero-order valence-electron chi connectivity index (χ0n) is 21.9. The summed E-state index contributed by atoms with van der Waals surface area (Å²) < 4.78 is 7.37. The molecule has 0 spiro atoms. The van der Waals surface area contributed by atoms with Crippen molar-refractivity contribution in [2.75, 3.05) is 17.2 Å². The number of aryl methyl sites for hydroxylation is 1. The molecule has 0 radical (unpaired) electrons. The molecule has 5 aromatic rings. The highest BCUT2D eigenvalue weighted by molar-refractivity contribution is 6.05. The standard InChI is InChI=1S/C30H29N5O4/c1-19-31-17-27(39-19)21-10-7-11-22(14-21)28(37)34-29-33-24-15-23(12-13-25(24)35(29)18-30(2,3)38)32-16-26(36)20-8-5-4-6-9-20/h4-15,17,32,38H,16,18H2,1-3H3,(H,33,34,37). The Morgan fingerprint density at radius 3 is 2.49 bits per heavy atom. The molecule has 0 fully saturated rings. The van der Waals surface area contributed by atoms with Crippen molar-refractivity contribution in [1.82, 2.24) is 14.5 Å². The molecule has 1 amide bonds. The van der Waals surface area contributed by atoms with Gasteiger partial charge < -0.3 is 19.4 Å². The van der Waals surface area contributed by atoms with E-state index in [1.807, 2.05) is 42.5 Å². The molecule has 9 heteroatoms. The molecule has 0 saturated carbocycles. The number of nitrogens with one attached hydrogen (secondary N) is 2. The molecule has 3 N–H and O–H groups in total. The predicted molar refractivity (Wildman–Crippen MR) is 150 cm³/mol. The molecule has 3 aromatic carbocycles. The first-order valence-corrected chi connectivity index (χ1v) is 12.6. The SMILES string of the molecule is Cc1ncc(-c2cccc(C(=O)Nc3nc4cc(NCC(=O)c5ccccc5)ccc4n3CC(C)(C)O)c2)o1. The Bertz CT molecular complexity index is 1650. The van der Waals surface area contributed by atoms with Gasteiger partial charge in [-0.05, 0) is 44.2 Å². The second kappa shape index (κ2) is 10.5. The Morgan fingerprint density at radius 1 is 1.00 bits per heavy atom. The number of aliphatic hydroxyl groups is 1. The molecule has 9 nitrogen and oxygen atoms in total. The highest BCUT2D eigenvalue weighted by Crippen LogP contribution is 2.27. The van der Waals surface area contributed by atoms with Crippen LogP contribution < -0.4 is 10.6 Å². The highest BCUT2D eigenvalue weighted by Gasteiger charge is 2.21. The van der Waals surface area contributed by atoms with E-state index in [1.165, 1.54) is 0 Å². The Hall–Kier alpha value is -4.76. The number of hydrogen-bond donors (Lipinski definition) is 3. The lowest BCUT2D eigenvalue weighted by atomic mass is 10.1. The number of nitrogens with zero attached hydrogens (tertiary/aromatic N) is 3. The van der Waals surface area contributed by atoms with E-state index in [2.05, 4.69) is 20.6 Å². The molecular weight excluding hydrogens is 494 g/mol. The predicted octanol–water partition coefficient (Wildman–Crippen LogP) is 5.32. The molecule has 0 aliphatic heterocycles. The topological polar surface area (TPSA) is 122 Å². The van der Waals surface area contributed by atoms with E-state index in [0.29, 0.717) is 39.9 Å². The molecule has 198 valence electrons. The number of Topliss-reactive ketones (excluding diaryl/α,β-unsaturated/α-hetero) is 1. The maximum Gasteiger partial charge on any atom is 0.257 e. The second-order valence-electron chi connectivity index (χ2n) is 9.96. The van der Waals surface area contributed by atoms with Gasteiger partial charge in [0.15, 0.2) is 17.4 Å². The molecule has 0 saturated heterocycles. The number of amides is 1. The second-order valence-corrected chi connectivity index (χ2v) is 9.96. The first kappa shape index (κ1) is 25.9. The number of carbonyl (C=O) groups excluding carboxylic acids is 2. The molecule has 0 unspecified atom stereocenters. The van der Waals surface area contributed by atoms with Crippen molar-refractivity contribution in [3.63, 3.8) is 0 Å². The molecule has 0 aliphatic carbocycles. The summed E-state index contributed by atoms with van der Waals surface area (Å²) in [5.74, 6) is 1.03. The third kappa shape index (κ3) is 6.05. The summed E-state index contributed by atoms with van der Waals surface area (Å²) >= 11 is 0. The van der Waals surface area contributed by atoms with Crippen molar-refractivity contribution in [1.29, 1.82) is 0 Å². The maximum absolute atomic E-state index is 13.3. The van der Waals surface area contributed by atoms with Crippen molar-refractivity contribution in [2.45, 2.75) is 32.9 Å². The fourth-order valence-corrected chi connectivity index (χ4v) is 4.27. The Morgan fingerprint density at radius 2 is 1.77 bits per heavy atom. The fourth-order valence-electron chi connectivity index (χ4n) is 4.27. The van der Waals surface area contributed by atoms with E-state index in [1.54, 1.807) is 61.9 Å². The molecular formula is C30H29N5O4. The van der Waals surface area contributed by atoms with Crippen LogP contribution in [0, 0.1) is 6.92 Å². The van der Waals surface area contributed by atoms with Crippen LogP contribution in [0.25, 0.3) is 22.4 Å². The molecule has 0 aliphatic rings. The van der Waals surface area contributed by atoms with E-state index in [4.69, 9.17) is 4.42 Å². The monoisotopic (exact) mass is 523 g/mol. The summed E-state index contributed by atoms with van der Waals surface area (Å²) in [7, 11) is 0. The number of hydrogen-bond acceptors (Lipinski definition) is 7. The number of fused-ring (bicyclic) bond motifs is 1. The summed E-state index contributed by atoms with van der Waals surface area (Å²) in [5, 5.41) is 16.6. The van der Waals surface area contributed by atoms with E-state index in [0.717, 1.165) is 11.1 Å². The zero-order valence-corrected chi connectivity index (χ0v) is 21.9. The summed E-state index contributed by atoms with van der Waals surface area (Å²) in [5.41, 5.74) is 2.78. The molecule has 5 rings (SSSR count). The average molecular weight is 524 g/mol. The first-order chi connectivity index (χ1) is 18.7. The van der Waals surface area contributed by atoms with Gasteiger partial charge in [0, 0.05) is 29.3 Å². The van der Waals surface area contributed by atoms with Crippen LogP contribution in [-0.4, -0.2) is 43.5 Å². The van der Waals surface area contributed by atoms with Crippen molar-refractivity contribution in [3.05, 3.63) is 96.0 Å². The Labute approximate surface area is 225 Å². The van der Waals surface area contributed by atoms with Gasteiger partial charge in [0.1, 0.15) is 0 Å². The van der Waals surface area contributed by atoms with Crippen LogP contribution >= 0.6 is 0 Å². The lowest BCUT2D eigenvalue weighted by Crippen LogP contribution is -2.27. The largest absolute Gasteiger partial charge is 0.441 e. The van der Waals surface area contributed by atoms with Crippen LogP contribution in [0.15, 0.2) is 83.4 Å². The number of aromatic nitrogens is 3. The minimum Gasteiger partial charge on any atom is -0.441 e. The normalized spacial score (nSPS) is 11.5. The van der Waals surface area contributed by atoms with Gasteiger partial charge in [0.2, 0.25) is 5.95 Å². The van der Waals surface area contributed by atoms with E-state index in [-0.39, 0.29) is 24.8 Å². The van der Waals surface area contributed by atoms with E-state index < -0.39 is 5.60 Å². The summed E-state index contributed by atoms with van der Waals surface area (Å²) in [6, 6.07) is 21.7. The quantitative estimate of drug-likeness (QED) is 0.224. The smallest absolute Gasteiger partial charge is 0.257 e. The summed E-state index contributed by atoms with van der Waals surface area (Å²) in [6.45, 7) is 5.48. The third-order valence-corrected chi connectivity index (χ3v) is 6.10. The lowest BCUT2D eigenvalue weighted by molar-refractivity contribution is 0.0630. The lowest BCUT2D eigenvalue weighted by Gasteiger charge is -2.20. The Balaban J connectivity index is 1.40. The maximum atomic E-state index is 13.3. The van der Waals surface area contributed by atoms with Gasteiger partial charge >= 0.3 is 0 Å². The van der Waals surface area contributed by atoms with E-state index in [9.17, 15) is 14.7 Å². The van der Waals surface area contributed by atoms with Crippen molar-refractivity contribution < 1.29 is 19.1 Å². The minimum atomic E-state index is -1.06. The van der Waals surface area contributed by atoms with Gasteiger partial charge in [-0.25, -0.2) is 9.97 Å². The van der Waals surface area contributed by atoms with Gasteiger partial charge in [-0.1, -0.05) is 42.5 Å². The molecule has 0 bridgehead atoms. The number of anilines is 2. The first-order valence-electron chi connectivity index (χ1n) is 12.6. The Kier molecular flexibility index (Phi) is 7.00. The summed E-state index contributed by atoms with van der Waals surface area (Å²) in [4.78, 5) is 34.5. The van der Waals surface area contributed by atoms with Crippen LogP contribution in [0.3, 0.4) is 0 Å². The van der Waals surface area contributed by atoms with Gasteiger partial charge in [-0.3, -0.25) is 14.9 Å². The van der Waals surface area contributed by atoms with Crippen molar-refractivity contribution in [3.8, 4) is 11.3 Å². The van der Waals surface area contributed by atoms with Crippen LogP contribution in [-0.2, 0) is 6.54 Å². The van der Waals surface area contributed by atoms with Crippen LogP contribution in [0.5, 0.6) is 0 Å². The van der Waals surface area contributed by atoms with E-state index >= 15 is 0 Å². The third-order valence-electron chi connectivity index (χ3n) is 6.10. The number of oxazole rings is 1. The number of rotatable bonds is 9. The van der Waals surface area contributed by atoms with Crippen LogP contribution in [0.4, 0.5) is 11.6 Å². The van der Waals surface area contributed by atoms with Crippen LogP contribution in [0.2, 0.25) is 0 Å². The van der Waals surface area contributed by atoms with Gasteiger partial charge in [-0.2, -0.15) is 0 Å². The van der Waals surface area contributed by atoms with Gasteiger partial charge in [0.25, 0.3) is 5.91 Å². The molecule has 2 aromatic heterocycles. The minimum absolute atomic E-state index is 0.0288. The molecule has 2 heterocycles. The van der Waals surface area contributed by atoms with Gasteiger partial charge in [-0.15, -0.1) is 0 Å². The van der Waals surface area contributed by atoms with Crippen LogP contribution in [0.1, 0.15) is 40.5 Å². The number of ketones is 1. The molecule has 0 atom stereocenters. The zero-order chi connectivity index (χ0) is 27.6. The number of imidazole rings is 1. The fraction of sp³-hybridized carbons (Fsp3) is 0.200. The van der Waals surface area contributed by atoms with Crippen molar-refractivity contribution >= 4 is 34.4 Å².